The van der Waals surface area contributed by atoms with E-state index in [1.54, 1.807) is 6.92 Å². The van der Waals surface area contributed by atoms with Crippen molar-refractivity contribution in [2.24, 2.45) is 0 Å². The molecular formula is C8H14O4. The van der Waals surface area contributed by atoms with Crippen LogP contribution in [-0.4, -0.2) is 29.4 Å². The highest BCUT2D eigenvalue weighted by atomic mass is 16.5. The zero-order valence-corrected chi connectivity index (χ0v) is 7.12. The number of hydrogen-bond donors (Lipinski definition) is 2. The topological polar surface area (TPSA) is 66.8 Å². The molecule has 0 atom stereocenters. The van der Waals surface area contributed by atoms with Gasteiger partial charge in [0.1, 0.15) is 6.61 Å². The molecule has 0 saturated heterocycles. The van der Waals surface area contributed by atoms with Crippen molar-refractivity contribution in [2.75, 3.05) is 13.2 Å². The Morgan fingerprint density at radius 1 is 1.67 bits per heavy atom. The van der Waals surface area contributed by atoms with Gasteiger partial charge in [-0.15, -0.1) is 0 Å². The molecule has 2 N–H and O–H groups in total. The maximum absolute atomic E-state index is 10.5. The van der Waals surface area contributed by atoms with Gasteiger partial charge in [0, 0.05) is 5.57 Å². The van der Waals surface area contributed by atoms with E-state index in [-0.39, 0.29) is 13.2 Å². The Morgan fingerprint density at radius 2 is 2.08 bits per heavy atom. The Hall–Kier alpha value is -1.29. The smallest absolute Gasteiger partial charge is 0.333 e. The van der Waals surface area contributed by atoms with Gasteiger partial charge in [0.2, 0.25) is 0 Å². The molecule has 0 aliphatic heterocycles. The van der Waals surface area contributed by atoms with Gasteiger partial charge in [0.25, 0.3) is 0 Å². The molecule has 0 aromatic heterocycles. The van der Waals surface area contributed by atoms with Crippen molar-refractivity contribution in [3.63, 3.8) is 0 Å². The number of ether oxygens (including phenoxy) is 1. The van der Waals surface area contributed by atoms with Crippen LogP contribution in [0.2, 0.25) is 0 Å². The minimum Gasteiger partial charge on any atom is -0.516 e. The molecule has 0 bridgehead atoms. The van der Waals surface area contributed by atoms with Crippen molar-refractivity contribution >= 4 is 5.97 Å². The molecule has 4 nitrogen and oxygen atoms in total. The largest absolute Gasteiger partial charge is 0.516 e. The maximum Gasteiger partial charge on any atom is 0.333 e. The molecule has 0 aromatic carbocycles. The van der Waals surface area contributed by atoms with E-state index in [4.69, 9.17) is 10.2 Å². The summed E-state index contributed by atoms with van der Waals surface area (Å²) in [6.07, 6.45) is 0.750. The van der Waals surface area contributed by atoms with Crippen LogP contribution in [-0.2, 0) is 9.53 Å². The van der Waals surface area contributed by atoms with E-state index in [1.807, 2.05) is 0 Å². The lowest BCUT2D eigenvalue weighted by Gasteiger charge is -1.99. The quantitative estimate of drug-likeness (QED) is 0.377. The van der Waals surface area contributed by atoms with Gasteiger partial charge in [-0.25, -0.2) is 4.79 Å². The highest BCUT2D eigenvalue weighted by molar-refractivity contribution is 5.86. The lowest BCUT2D eigenvalue weighted by Crippen LogP contribution is -2.08. The van der Waals surface area contributed by atoms with Crippen LogP contribution in [0.1, 0.15) is 6.92 Å². The molecule has 0 aliphatic rings. The number of carbonyl (C=O) groups excluding carboxylic acids is 1. The van der Waals surface area contributed by atoms with Crippen LogP contribution in [0.3, 0.4) is 0 Å². The number of rotatable bonds is 3. The van der Waals surface area contributed by atoms with Gasteiger partial charge in [-0.1, -0.05) is 13.2 Å². The third-order valence-electron chi connectivity index (χ3n) is 0.673. The molecular weight excluding hydrogens is 160 g/mol. The zero-order chi connectivity index (χ0) is 9.98. The van der Waals surface area contributed by atoms with Gasteiger partial charge < -0.3 is 14.9 Å². The van der Waals surface area contributed by atoms with Crippen molar-refractivity contribution in [2.45, 2.75) is 6.92 Å². The fourth-order valence-electron chi connectivity index (χ4n) is 0.262. The molecule has 0 unspecified atom stereocenters. The highest BCUT2D eigenvalue weighted by Gasteiger charge is 1.99. The lowest BCUT2D eigenvalue weighted by molar-refractivity contribution is -0.139. The minimum atomic E-state index is -0.455. The maximum atomic E-state index is 10.5. The zero-order valence-electron chi connectivity index (χ0n) is 7.12. The van der Waals surface area contributed by atoms with Gasteiger partial charge >= 0.3 is 5.97 Å². The molecule has 0 amide bonds. The lowest BCUT2D eigenvalue weighted by atomic mass is 10.4. The van der Waals surface area contributed by atoms with Crippen molar-refractivity contribution < 1.29 is 19.7 Å². The summed E-state index contributed by atoms with van der Waals surface area (Å²) in [7, 11) is 0. The SMILES string of the molecule is C=C(C)C(=O)OCCO.C=CO. The average Bonchev–Trinajstić information content (AvgIpc) is 2.01. The summed E-state index contributed by atoms with van der Waals surface area (Å²) in [6.45, 7) is 7.73. The summed E-state index contributed by atoms with van der Waals surface area (Å²) in [6, 6.07) is 0. The van der Waals surface area contributed by atoms with Gasteiger partial charge in [0.05, 0.1) is 12.9 Å². The van der Waals surface area contributed by atoms with Gasteiger partial charge in [0.15, 0.2) is 0 Å². The fourth-order valence-corrected chi connectivity index (χ4v) is 0.262. The molecule has 4 heteroatoms. The second kappa shape index (κ2) is 9.71. The van der Waals surface area contributed by atoms with Crippen molar-refractivity contribution in [1.82, 2.24) is 0 Å². The first-order valence-electron chi connectivity index (χ1n) is 3.28. The summed E-state index contributed by atoms with van der Waals surface area (Å²) in [5.74, 6) is -0.455. The predicted octanol–water partition coefficient (Wildman–Crippen LogP) is 0.786. The molecule has 0 spiro atoms. The molecule has 0 aliphatic carbocycles. The third-order valence-corrected chi connectivity index (χ3v) is 0.673. The van der Waals surface area contributed by atoms with E-state index in [1.165, 1.54) is 0 Å². The van der Waals surface area contributed by atoms with Crippen LogP contribution < -0.4 is 0 Å². The van der Waals surface area contributed by atoms with Crippen LogP contribution in [0.15, 0.2) is 25.0 Å². The summed E-state index contributed by atoms with van der Waals surface area (Å²) < 4.78 is 4.46. The average molecular weight is 174 g/mol. The van der Waals surface area contributed by atoms with Crippen LogP contribution in [0.25, 0.3) is 0 Å². The minimum absolute atomic E-state index is 0.0473. The standard InChI is InChI=1S/C6H10O3.C2H4O/c1-5(2)6(8)9-4-3-7;1-2-3/h7H,1,3-4H2,2H3;2-3H,1H2. The molecule has 70 valence electrons. The molecule has 0 radical (unpaired) electrons. The Balaban J connectivity index is 0. The molecule has 12 heavy (non-hydrogen) atoms. The van der Waals surface area contributed by atoms with Gasteiger partial charge in [-0.3, -0.25) is 0 Å². The first-order valence-corrected chi connectivity index (χ1v) is 3.28. The Morgan fingerprint density at radius 3 is 2.33 bits per heavy atom. The van der Waals surface area contributed by atoms with Gasteiger partial charge in [-0.2, -0.15) is 0 Å². The first kappa shape index (κ1) is 13.3. The van der Waals surface area contributed by atoms with Crippen LogP contribution in [0.5, 0.6) is 0 Å². The van der Waals surface area contributed by atoms with Crippen LogP contribution in [0.4, 0.5) is 0 Å². The monoisotopic (exact) mass is 174 g/mol. The molecule has 0 heterocycles. The molecule has 0 saturated carbocycles. The van der Waals surface area contributed by atoms with E-state index in [0.717, 1.165) is 6.26 Å². The second-order valence-corrected chi connectivity index (χ2v) is 1.82. The normalized spacial score (nSPS) is 7.50. The second-order valence-electron chi connectivity index (χ2n) is 1.82. The van der Waals surface area contributed by atoms with Crippen molar-refractivity contribution in [3.05, 3.63) is 25.0 Å². The van der Waals surface area contributed by atoms with E-state index in [0.29, 0.717) is 5.57 Å². The summed E-state index contributed by atoms with van der Waals surface area (Å²) in [5.41, 5.74) is 0.350. The summed E-state index contributed by atoms with van der Waals surface area (Å²) in [4.78, 5) is 10.5. The van der Waals surface area contributed by atoms with Crippen LogP contribution in [0, 0.1) is 0 Å². The molecule has 0 fully saturated rings. The summed E-state index contributed by atoms with van der Waals surface area (Å²) >= 11 is 0. The molecule has 0 aromatic rings. The third kappa shape index (κ3) is 11.5. The van der Waals surface area contributed by atoms with Crippen LogP contribution >= 0.6 is 0 Å². The number of esters is 1. The number of carbonyl (C=O) groups is 1. The van der Waals surface area contributed by atoms with E-state index >= 15 is 0 Å². The fraction of sp³-hybridized carbons (Fsp3) is 0.375. The predicted molar refractivity (Wildman–Crippen MR) is 45.7 cm³/mol. The first-order chi connectivity index (χ1) is 5.59. The van der Waals surface area contributed by atoms with E-state index in [2.05, 4.69) is 17.9 Å². The Labute approximate surface area is 71.8 Å². The van der Waals surface area contributed by atoms with E-state index < -0.39 is 5.97 Å². The number of hydrogen-bond acceptors (Lipinski definition) is 4. The highest BCUT2D eigenvalue weighted by Crippen LogP contribution is 1.89. The van der Waals surface area contributed by atoms with Crippen molar-refractivity contribution in [3.8, 4) is 0 Å². The number of aliphatic hydroxyl groups is 2. The Kier molecular flexibility index (Phi) is 10.8. The van der Waals surface area contributed by atoms with E-state index in [9.17, 15) is 4.79 Å². The number of aliphatic hydroxyl groups excluding tert-OH is 2. The van der Waals surface area contributed by atoms with Gasteiger partial charge in [-0.05, 0) is 6.92 Å². The summed E-state index contributed by atoms with van der Waals surface area (Å²) in [5, 5.41) is 15.5. The Bertz CT molecular complexity index is 151. The van der Waals surface area contributed by atoms with Crippen molar-refractivity contribution in [1.29, 1.82) is 0 Å². The molecule has 0 rings (SSSR count).